The summed E-state index contributed by atoms with van der Waals surface area (Å²) in [6.45, 7) is 4.75. The van der Waals surface area contributed by atoms with E-state index >= 15 is 0 Å². The molecule has 0 radical (unpaired) electrons. The molecule has 4 heteroatoms. The third-order valence-electron chi connectivity index (χ3n) is 2.72. The molecule has 2 atom stereocenters. The van der Waals surface area contributed by atoms with Crippen molar-refractivity contribution in [2.45, 2.75) is 38.1 Å². The van der Waals surface area contributed by atoms with E-state index in [0.29, 0.717) is 23.4 Å². The molecule has 1 fully saturated rings. The van der Waals surface area contributed by atoms with Crippen LogP contribution in [0.2, 0.25) is 0 Å². The normalized spacial score (nSPS) is 26.9. The summed E-state index contributed by atoms with van der Waals surface area (Å²) in [4.78, 5) is 4.44. The van der Waals surface area contributed by atoms with Gasteiger partial charge in [0.25, 0.3) is 0 Å². The average molecular weight is 252 g/mol. The highest BCUT2D eigenvalue weighted by molar-refractivity contribution is 8.14. The number of aliphatic imine (C=N–C) groups is 1. The first kappa shape index (κ1) is 12.4. The van der Waals surface area contributed by atoms with E-state index in [2.05, 4.69) is 24.2 Å². The zero-order valence-corrected chi connectivity index (χ0v) is 10.9. The van der Waals surface area contributed by atoms with Gasteiger partial charge in [-0.15, -0.1) is 0 Å². The molecule has 1 heterocycles. The topological polar surface area (TPSA) is 24.4 Å². The van der Waals surface area contributed by atoms with Gasteiger partial charge in [-0.1, -0.05) is 36.9 Å². The monoisotopic (exact) mass is 252 g/mol. The van der Waals surface area contributed by atoms with Crippen molar-refractivity contribution in [2.24, 2.45) is 4.99 Å². The molecular weight excluding hydrogens is 235 g/mol. The molecule has 0 aromatic heterocycles. The van der Waals surface area contributed by atoms with E-state index in [1.165, 1.54) is 6.07 Å². The molecule has 1 saturated heterocycles. The minimum atomic E-state index is -0.182. The Labute approximate surface area is 106 Å². The van der Waals surface area contributed by atoms with Crippen LogP contribution in [0.5, 0.6) is 0 Å². The number of hydrogen-bond donors (Lipinski definition) is 1. The van der Waals surface area contributed by atoms with Crippen LogP contribution >= 0.6 is 11.8 Å². The Morgan fingerprint density at radius 3 is 2.88 bits per heavy atom. The van der Waals surface area contributed by atoms with Crippen LogP contribution in [0.15, 0.2) is 29.3 Å². The van der Waals surface area contributed by atoms with Crippen molar-refractivity contribution < 1.29 is 4.39 Å². The Bertz CT molecular complexity index is 408. The molecule has 2 unspecified atom stereocenters. The summed E-state index contributed by atoms with van der Waals surface area (Å²) in [5.41, 5.74) is 0.647. The molecule has 92 valence electrons. The number of halogens is 1. The van der Waals surface area contributed by atoms with Crippen LogP contribution in [-0.2, 0) is 6.54 Å². The molecule has 1 aliphatic heterocycles. The van der Waals surface area contributed by atoms with Crippen LogP contribution in [0.1, 0.15) is 25.8 Å². The number of thioether (sulfide) groups is 1. The Balaban J connectivity index is 2.03. The molecular formula is C13H17FN2S. The number of nitrogens with zero attached hydrogens (tertiary/aromatic N) is 1. The average Bonchev–Trinajstić information content (AvgIpc) is 2.27. The maximum absolute atomic E-state index is 13.4. The number of nitrogens with one attached hydrogen (secondary N) is 1. The summed E-state index contributed by atoms with van der Waals surface area (Å²) >= 11 is 1.73. The Kier molecular flexibility index (Phi) is 4.05. The predicted molar refractivity (Wildman–Crippen MR) is 71.8 cm³/mol. The number of amidine groups is 1. The minimum Gasteiger partial charge on any atom is -0.362 e. The molecule has 2 nitrogen and oxygen atoms in total. The lowest BCUT2D eigenvalue weighted by molar-refractivity contribution is 0.595. The lowest BCUT2D eigenvalue weighted by Crippen LogP contribution is -2.38. The van der Waals surface area contributed by atoms with Gasteiger partial charge in [0.2, 0.25) is 0 Å². The van der Waals surface area contributed by atoms with Crippen LogP contribution in [0.25, 0.3) is 0 Å². The van der Waals surface area contributed by atoms with Crippen molar-refractivity contribution in [3.05, 3.63) is 35.6 Å². The molecule has 0 spiro atoms. The van der Waals surface area contributed by atoms with Crippen LogP contribution in [-0.4, -0.2) is 16.5 Å². The highest BCUT2D eigenvalue weighted by atomic mass is 32.2. The van der Waals surface area contributed by atoms with E-state index in [4.69, 9.17) is 0 Å². The quantitative estimate of drug-likeness (QED) is 0.874. The highest BCUT2D eigenvalue weighted by Gasteiger charge is 2.19. The molecule has 2 rings (SSSR count). The van der Waals surface area contributed by atoms with E-state index in [-0.39, 0.29) is 5.82 Å². The van der Waals surface area contributed by atoms with Gasteiger partial charge in [-0.2, -0.15) is 0 Å². The molecule has 0 aliphatic carbocycles. The zero-order chi connectivity index (χ0) is 12.3. The van der Waals surface area contributed by atoms with Gasteiger partial charge in [0.1, 0.15) is 5.82 Å². The summed E-state index contributed by atoms with van der Waals surface area (Å²) in [6, 6.07) is 7.24. The third-order valence-corrected chi connectivity index (χ3v) is 3.78. The Morgan fingerprint density at radius 2 is 2.18 bits per heavy atom. The molecule has 1 aliphatic rings. The highest BCUT2D eigenvalue weighted by Crippen LogP contribution is 2.22. The van der Waals surface area contributed by atoms with Crippen molar-refractivity contribution in [2.75, 3.05) is 0 Å². The van der Waals surface area contributed by atoms with Crippen molar-refractivity contribution in [1.29, 1.82) is 0 Å². The lowest BCUT2D eigenvalue weighted by atomic mass is 10.2. The first-order valence-corrected chi connectivity index (χ1v) is 6.74. The van der Waals surface area contributed by atoms with Gasteiger partial charge in [0.05, 0.1) is 6.54 Å². The SMILES string of the molecule is CC1CC(C)SC(=NCc2ccccc2F)N1. The van der Waals surface area contributed by atoms with Crippen LogP contribution in [0.3, 0.4) is 0 Å². The number of benzene rings is 1. The van der Waals surface area contributed by atoms with E-state index < -0.39 is 0 Å². The standard InChI is InChI=1S/C13H17FN2S/c1-9-7-10(2)17-13(16-9)15-8-11-5-3-4-6-12(11)14/h3-6,9-10H,7-8H2,1-2H3,(H,15,16). The van der Waals surface area contributed by atoms with Gasteiger partial charge in [0, 0.05) is 16.9 Å². The molecule has 0 saturated carbocycles. The fraction of sp³-hybridized carbons (Fsp3) is 0.462. The van der Waals surface area contributed by atoms with Crippen LogP contribution in [0, 0.1) is 5.82 Å². The second-order valence-electron chi connectivity index (χ2n) is 4.42. The molecule has 1 aromatic carbocycles. The smallest absolute Gasteiger partial charge is 0.157 e. The maximum Gasteiger partial charge on any atom is 0.157 e. The van der Waals surface area contributed by atoms with Gasteiger partial charge in [0.15, 0.2) is 5.17 Å². The van der Waals surface area contributed by atoms with Crippen LogP contribution < -0.4 is 5.32 Å². The van der Waals surface area contributed by atoms with Gasteiger partial charge in [-0.25, -0.2) is 4.39 Å². The van der Waals surface area contributed by atoms with E-state index in [0.717, 1.165) is 11.6 Å². The fourth-order valence-corrected chi connectivity index (χ4v) is 3.08. The van der Waals surface area contributed by atoms with Gasteiger partial charge >= 0.3 is 0 Å². The maximum atomic E-state index is 13.4. The van der Waals surface area contributed by atoms with Crippen molar-refractivity contribution in [3.63, 3.8) is 0 Å². The van der Waals surface area contributed by atoms with E-state index in [1.54, 1.807) is 23.9 Å². The summed E-state index contributed by atoms with van der Waals surface area (Å²) in [6.07, 6.45) is 1.14. The second kappa shape index (κ2) is 5.54. The Morgan fingerprint density at radius 1 is 1.41 bits per heavy atom. The summed E-state index contributed by atoms with van der Waals surface area (Å²) in [7, 11) is 0. The first-order valence-electron chi connectivity index (χ1n) is 5.86. The van der Waals surface area contributed by atoms with Crippen molar-refractivity contribution in [1.82, 2.24) is 5.32 Å². The van der Waals surface area contributed by atoms with Crippen molar-refractivity contribution in [3.8, 4) is 0 Å². The van der Waals surface area contributed by atoms with E-state index in [9.17, 15) is 4.39 Å². The number of rotatable bonds is 2. The summed E-state index contributed by atoms with van der Waals surface area (Å²) in [5.74, 6) is -0.182. The van der Waals surface area contributed by atoms with Gasteiger partial charge in [-0.3, -0.25) is 4.99 Å². The fourth-order valence-electron chi connectivity index (χ4n) is 1.91. The summed E-state index contributed by atoms with van der Waals surface area (Å²) < 4.78 is 13.4. The predicted octanol–water partition coefficient (Wildman–Crippen LogP) is 3.19. The molecule has 0 bridgehead atoms. The molecule has 0 amide bonds. The first-order chi connectivity index (χ1) is 8.15. The second-order valence-corrected chi connectivity index (χ2v) is 5.85. The molecule has 1 aromatic rings. The Hall–Kier alpha value is -1.03. The van der Waals surface area contributed by atoms with Crippen LogP contribution in [0.4, 0.5) is 4.39 Å². The summed E-state index contributed by atoms with van der Waals surface area (Å²) in [5, 5.41) is 4.83. The molecule has 1 N–H and O–H groups in total. The third kappa shape index (κ3) is 3.46. The number of hydrogen-bond acceptors (Lipinski definition) is 2. The zero-order valence-electron chi connectivity index (χ0n) is 10.1. The van der Waals surface area contributed by atoms with Crippen molar-refractivity contribution >= 4 is 16.9 Å². The largest absolute Gasteiger partial charge is 0.362 e. The molecule has 17 heavy (non-hydrogen) atoms. The minimum absolute atomic E-state index is 0.182. The van der Waals surface area contributed by atoms with E-state index in [1.807, 2.05) is 6.07 Å². The van der Waals surface area contributed by atoms with Gasteiger partial charge < -0.3 is 5.32 Å². The van der Waals surface area contributed by atoms with Gasteiger partial charge in [-0.05, 0) is 19.4 Å². The lowest BCUT2D eigenvalue weighted by Gasteiger charge is -2.26.